The van der Waals surface area contributed by atoms with Gasteiger partial charge in [-0.3, -0.25) is 0 Å². The molecule has 0 spiro atoms. The average molecular weight is 253 g/mol. The number of benzene rings is 1. The zero-order valence-corrected chi connectivity index (χ0v) is 10.7. The number of nitrogens with one attached hydrogen (secondary N) is 1. The van der Waals surface area contributed by atoms with Crippen LogP contribution in [-0.2, 0) is 0 Å². The Morgan fingerprint density at radius 1 is 1.44 bits per heavy atom. The number of ether oxygens (including phenoxy) is 1. The van der Waals surface area contributed by atoms with Crippen molar-refractivity contribution >= 4 is 0 Å². The lowest BCUT2D eigenvalue weighted by Crippen LogP contribution is -2.30. The second kappa shape index (κ2) is 6.16. The molecule has 1 aromatic rings. The largest absolute Gasteiger partial charge is 0.496 e. The molecule has 1 fully saturated rings. The van der Waals surface area contributed by atoms with Gasteiger partial charge in [-0.15, -0.1) is 0 Å². The highest BCUT2D eigenvalue weighted by atomic mass is 19.1. The zero-order valence-electron chi connectivity index (χ0n) is 10.7. The molecule has 2 N–H and O–H groups in total. The molecule has 0 aliphatic heterocycles. The van der Waals surface area contributed by atoms with Crippen molar-refractivity contribution in [3.05, 3.63) is 29.6 Å². The Labute approximate surface area is 107 Å². The van der Waals surface area contributed by atoms with E-state index in [0.717, 1.165) is 12.8 Å². The third kappa shape index (κ3) is 3.21. The van der Waals surface area contributed by atoms with Gasteiger partial charge in [0.2, 0.25) is 0 Å². The quantitative estimate of drug-likeness (QED) is 0.846. The normalized spacial score (nSPS) is 17.9. The maximum atomic E-state index is 13.2. The minimum absolute atomic E-state index is 0.356. The molecule has 1 aromatic carbocycles. The van der Waals surface area contributed by atoms with Crippen LogP contribution in [0.4, 0.5) is 4.39 Å². The van der Waals surface area contributed by atoms with E-state index in [-0.39, 0.29) is 5.82 Å². The summed E-state index contributed by atoms with van der Waals surface area (Å²) in [5.74, 6) is 0.169. The van der Waals surface area contributed by atoms with Gasteiger partial charge in [0.15, 0.2) is 0 Å². The van der Waals surface area contributed by atoms with Crippen molar-refractivity contribution in [1.29, 1.82) is 0 Å². The van der Waals surface area contributed by atoms with Crippen molar-refractivity contribution in [2.75, 3.05) is 13.7 Å². The van der Waals surface area contributed by atoms with Crippen LogP contribution < -0.4 is 10.1 Å². The minimum Gasteiger partial charge on any atom is -0.496 e. The number of hydrogen-bond donors (Lipinski definition) is 2. The van der Waals surface area contributed by atoms with E-state index in [9.17, 15) is 9.50 Å². The van der Waals surface area contributed by atoms with Crippen molar-refractivity contribution in [2.24, 2.45) is 0 Å². The van der Waals surface area contributed by atoms with E-state index in [0.29, 0.717) is 23.9 Å². The topological polar surface area (TPSA) is 41.5 Å². The molecule has 0 saturated heterocycles. The Morgan fingerprint density at radius 3 is 2.83 bits per heavy atom. The van der Waals surface area contributed by atoms with Gasteiger partial charge in [-0.05, 0) is 31.0 Å². The summed E-state index contributed by atoms with van der Waals surface area (Å²) in [5, 5.41) is 13.4. The second-order valence-corrected chi connectivity index (χ2v) is 4.79. The molecule has 0 radical (unpaired) electrons. The number of hydrogen-bond acceptors (Lipinski definition) is 3. The van der Waals surface area contributed by atoms with Crippen LogP contribution in [0, 0.1) is 5.82 Å². The number of aliphatic hydroxyl groups excluding tert-OH is 1. The highest BCUT2D eigenvalue weighted by Gasteiger charge is 2.18. The Hall–Kier alpha value is -1.13. The summed E-state index contributed by atoms with van der Waals surface area (Å²) in [6.07, 6.45) is 4.07. The summed E-state index contributed by atoms with van der Waals surface area (Å²) in [5.41, 5.74) is 0.503. The molecule has 3 nitrogen and oxygen atoms in total. The van der Waals surface area contributed by atoms with Crippen LogP contribution in [0.3, 0.4) is 0 Å². The van der Waals surface area contributed by atoms with Crippen molar-refractivity contribution < 1.29 is 14.2 Å². The van der Waals surface area contributed by atoms with E-state index in [2.05, 4.69) is 5.32 Å². The van der Waals surface area contributed by atoms with Crippen LogP contribution in [-0.4, -0.2) is 24.8 Å². The summed E-state index contributed by atoms with van der Waals surface area (Å²) in [4.78, 5) is 0. The molecule has 0 bridgehead atoms. The van der Waals surface area contributed by atoms with E-state index in [1.165, 1.54) is 32.1 Å². The van der Waals surface area contributed by atoms with E-state index in [1.807, 2.05) is 0 Å². The molecule has 1 saturated carbocycles. The predicted molar refractivity (Wildman–Crippen MR) is 68.2 cm³/mol. The predicted octanol–water partition coefficient (Wildman–Crippen LogP) is 2.40. The summed E-state index contributed by atoms with van der Waals surface area (Å²) in [7, 11) is 1.52. The highest BCUT2D eigenvalue weighted by Crippen LogP contribution is 2.26. The van der Waals surface area contributed by atoms with E-state index >= 15 is 0 Å². The molecule has 1 aliphatic carbocycles. The first-order valence-corrected chi connectivity index (χ1v) is 6.45. The fraction of sp³-hybridized carbons (Fsp3) is 0.571. The molecule has 100 valence electrons. The first-order valence-electron chi connectivity index (χ1n) is 6.45. The molecule has 1 aliphatic rings. The van der Waals surface area contributed by atoms with Crippen molar-refractivity contribution in [2.45, 2.75) is 37.8 Å². The molecule has 18 heavy (non-hydrogen) atoms. The fourth-order valence-corrected chi connectivity index (χ4v) is 2.48. The molecule has 0 aromatic heterocycles. The third-order valence-electron chi connectivity index (χ3n) is 3.51. The van der Waals surface area contributed by atoms with Crippen molar-refractivity contribution in [1.82, 2.24) is 5.32 Å². The Morgan fingerprint density at radius 2 is 2.17 bits per heavy atom. The van der Waals surface area contributed by atoms with E-state index in [4.69, 9.17) is 4.74 Å². The maximum absolute atomic E-state index is 13.2. The smallest absolute Gasteiger partial charge is 0.124 e. The summed E-state index contributed by atoms with van der Waals surface area (Å²) in [6.45, 7) is 0.435. The van der Waals surface area contributed by atoms with Gasteiger partial charge >= 0.3 is 0 Å². The van der Waals surface area contributed by atoms with Gasteiger partial charge in [0.25, 0.3) is 0 Å². The first-order chi connectivity index (χ1) is 8.70. The van der Waals surface area contributed by atoms with Gasteiger partial charge < -0.3 is 15.2 Å². The lowest BCUT2D eigenvalue weighted by atomic mass is 10.1. The van der Waals surface area contributed by atoms with Crippen LogP contribution in [0.1, 0.15) is 37.4 Å². The Bertz CT molecular complexity index is 391. The number of rotatable bonds is 5. The summed E-state index contributed by atoms with van der Waals surface area (Å²) < 4.78 is 18.3. The molecular weight excluding hydrogens is 233 g/mol. The molecule has 1 atom stereocenters. The van der Waals surface area contributed by atoms with Gasteiger partial charge in [0, 0.05) is 18.2 Å². The lowest BCUT2D eigenvalue weighted by molar-refractivity contribution is 0.165. The van der Waals surface area contributed by atoms with Gasteiger partial charge in [-0.25, -0.2) is 4.39 Å². The average Bonchev–Trinajstić information content (AvgIpc) is 2.89. The molecule has 4 heteroatoms. The van der Waals surface area contributed by atoms with E-state index in [1.54, 1.807) is 6.07 Å². The first kappa shape index (κ1) is 13.3. The molecule has 0 heterocycles. The van der Waals surface area contributed by atoms with E-state index < -0.39 is 6.10 Å². The summed E-state index contributed by atoms with van der Waals surface area (Å²) in [6, 6.07) is 4.70. The Balaban J connectivity index is 1.98. The number of methoxy groups -OCH3 is 1. The fourth-order valence-electron chi connectivity index (χ4n) is 2.48. The number of aliphatic hydroxyl groups is 1. The lowest BCUT2D eigenvalue weighted by Gasteiger charge is -2.18. The zero-order chi connectivity index (χ0) is 13.0. The van der Waals surface area contributed by atoms with Crippen molar-refractivity contribution in [3.63, 3.8) is 0 Å². The SMILES string of the molecule is COc1ccc(F)cc1C(O)CNC1CCCC1. The van der Waals surface area contributed by atoms with Crippen LogP contribution in [0.25, 0.3) is 0 Å². The van der Waals surface area contributed by atoms with Crippen LogP contribution in [0.2, 0.25) is 0 Å². The van der Waals surface area contributed by atoms with Crippen molar-refractivity contribution in [3.8, 4) is 5.75 Å². The third-order valence-corrected chi connectivity index (χ3v) is 3.51. The monoisotopic (exact) mass is 253 g/mol. The van der Waals surface area contributed by atoms with Crippen LogP contribution >= 0.6 is 0 Å². The molecule has 2 rings (SSSR count). The van der Waals surface area contributed by atoms with Crippen LogP contribution in [0.15, 0.2) is 18.2 Å². The minimum atomic E-state index is -0.740. The second-order valence-electron chi connectivity index (χ2n) is 4.79. The molecule has 1 unspecified atom stereocenters. The highest BCUT2D eigenvalue weighted by molar-refractivity contribution is 5.35. The standard InChI is InChI=1S/C14H20FNO2/c1-18-14-7-6-10(15)8-12(14)13(17)9-16-11-4-2-3-5-11/h6-8,11,13,16-17H,2-5,9H2,1H3. The van der Waals surface area contributed by atoms with Gasteiger partial charge in [0.05, 0.1) is 13.2 Å². The summed E-state index contributed by atoms with van der Waals surface area (Å²) >= 11 is 0. The molecule has 0 amide bonds. The Kier molecular flexibility index (Phi) is 4.55. The van der Waals surface area contributed by atoms with Gasteiger partial charge in [-0.1, -0.05) is 12.8 Å². The maximum Gasteiger partial charge on any atom is 0.124 e. The van der Waals surface area contributed by atoms with Crippen LogP contribution in [0.5, 0.6) is 5.75 Å². The van der Waals surface area contributed by atoms with Gasteiger partial charge in [-0.2, -0.15) is 0 Å². The number of halogens is 1. The molecular formula is C14H20FNO2. The van der Waals surface area contributed by atoms with Gasteiger partial charge in [0.1, 0.15) is 11.6 Å².